The second-order valence-corrected chi connectivity index (χ2v) is 4.95. The van der Waals surface area contributed by atoms with E-state index in [1.807, 2.05) is 4.98 Å². The highest BCUT2D eigenvalue weighted by Crippen LogP contribution is 2.28. The van der Waals surface area contributed by atoms with E-state index in [9.17, 15) is 19.2 Å². The van der Waals surface area contributed by atoms with Crippen LogP contribution in [0.3, 0.4) is 0 Å². The van der Waals surface area contributed by atoms with Gasteiger partial charge in [0, 0.05) is 6.07 Å². The molecular formula is C12H11N3O5S. The number of methoxy groups -OCH3 is 1. The predicted molar refractivity (Wildman–Crippen MR) is 76.0 cm³/mol. The van der Waals surface area contributed by atoms with Gasteiger partial charge >= 0.3 is 11.7 Å². The highest BCUT2D eigenvalue weighted by Gasteiger charge is 2.19. The van der Waals surface area contributed by atoms with Crippen molar-refractivity contribution < 1.29 is 14.3 Å². The summed E-state index contributed by atoms with van der Waals surface area (Å²) in [5.41, 5.74) is -0.730. The van der Waals surface area contributed by atoms with Gasteiger partial charge in [-0.05, 0) is 17.9 Å². The Labute approximate surface area is 121 Å². The number of thiophene rings is 1. The predicted octanol–water partition coefficient (Wildman–Crippen LogP) is 0.472. The minimum absolute atomic E-state index is 0.204. The number of H-pyrrole nitrogens is 2. The van der Waals surface area contributed by atoms with Crippen molar-refractivity contribution in [2.75, 3.05) is 12.4 Å². The highest BCUT2D eigenvalue weighted by molar-refractivity contribution is 7.12. The fourth-order valence-electron chi connectivity index (χ4n) is 1.61. The number of aromatic amines is 2. The number of aromatic nitrogens is 2. The first-order valence-electron chi connectivity index (χ1n) is 5.73. The largest absolute Gasteiger partial charge is 0.465 e. The summed E-state index contributed by atoms with van der Waals surface area (Å²) in [5, 5.41) is 4.18. The number of anilines is 1. The Kier molecular flexibility index (Phi) is 4.03. The van der Waals surface area contributed by atoms with E-state index in [1.54, 1.807) is 12.3 Å². The fraction of sp³-hybridized carbons (Fsp3) is 0.167. The summed E-state index contributed by atoms with van der Waals surface area (Å²) < 4.78 is 4.62. The lowest BCUT2D eigenvalue weighted by Crippen LogP contribution is -2.27. The zero-order valence-electron chi connectivity index (χ0n) is 11.1. The standard InChI is InChI=1S/C12H11N3O5S/c1-5-4-21-9(11(18)20-2)8(5)15-10(17)6-3-7(16)14-12(19)13-6/h3-4H,1-2H3,(H,15,17)(H2,13,14,16,19). The lowest BCUT2D eigenvalue weighted by molar-refractivity contribution is 0.0607. The number of aryl methyl sites for hydroxylation is 1. The molecular weight excluding hydrogens is 298 g/mol. The molecule has 0 radical (unpaired) electrons. The van der Waals surface area contributed by atoms with Crippen molar-refractivity contribution in [1.82, 2.24) is 9.97 Å². The molecule has 1 amide bonds. The van der Waals surface area contributed by atoms with E-state index in [-0.39, 0.29) is 16.3 Å². The van der Waals surface area contributed by atoms with Crippen LogP contribution in [-0.4, -0.2) is 29.0 Å². The van der Waals surface area contributed by atoms with Crippen LogP contribution in [0.4, 0.5) is 5.69 Å². The summed E-state index contributed by atoms with van der Waals surface area (Å²) in [5.74, 6) is -1.28. The van der Waals surface area contributed by atoms with Crippen molar-refractivity contribution in [2.45, 2.75) is 6.92 Å². The Morgan fingerprint density at radius 2 is 2.00 bits per heavy atom. The average molecular weight is 309 g/mol. The van der Waals surface area contributed by atoms with Gasteiger partial charge in [-0.25, -0.2) is 9.59 Å². The van der Waals surface area contributed by atoms with Crippen molar-refractivity contribution in [2.24, 2.45) is 0 Å². The monoisotopic (exact) mass is 309 g/mol. The summed E-state index contributed by atoms with van der Waals surface area (Å²) >= 11 is 1.12. The molecule has 110 valence electrons. The molecule has 3 N–H and O–H groups in total. The van der Waals surface area contributed by atoms with E-state index in [0.717, 1.165) is 17.4 Å². The molecule has 2 aromatic heterocycles. The number of hydrogen-bond donors (Lipinski definition) is 3. The third kappa shape index (κ3) is 3.08. The lowest BCUT2D eigenvalue weighted by Gasteiger charge is -2.06. The van der Waals surface area contributed by atoms with E-state index in [0.29, 0.717) is 5.56 Å². The first kappa shape index (κ1) is 14.7. The first-order chi connectivity index (χ1) is 9.92. The van der Waals surface area contributed by atoms with Gasteiger partial charge in [0.1, 0.15) is 10.6 Å². The maximum absolute atomic E-state index is 12.1. The van der Waals surface area contributed by atoms with Gasteiger partial charge in [-0.15, -0.1) is 11.3 Å². The first-order valence-corrected chi connectivity index (χ1v) is 6.61. The smallest absolute Gasteiger partial charge is 0.350 e. The Balaban J connectivity index is 2.36. The summed E-state index contributed by atoms with van der Waals surface area (Å²) in [7, 11) is 1.23. The average Bonchev–Trinajstić information content (AvgIpc) is 2.78. The molecule has 0 saturated heterocycles. The normalized spacial score (nSPS) is 10.2. The minimum atomic E-state index is -0.789. The number of ether oxygens (including phenoxy) is 1. The molecule has 0 atom stereocenters. The molecule has 9 heteroatoms. The number of carbonyl (C=O) groups excluding carboxylic acids is 2. The molecule has 8 nitrogen and oxygen atoms in total. The Morgan fingerprint density at radius 3 is 2.62 bits per heavy atom. The molecule has 0 aromatic carbocycles. The topological polar surface area (TPSA) is 121 Å². The Morgan fingerprint density at radius 1 is 1.29 bits per heavy atom. The van der Waals surface area contributed by atoms with E-state index in [1.165, 1.54) is 7.11 Å². The summed E-state index contributed by atoms with van der Waals surface area (Å²) in [6.07, 6.45) is 0. The van der Waals surface area contributed by atoms with Gasteiger partial charge in [-0.3, -0.25) is 14.6 Å². The second kappa shape index (κ2) is 5.75. The van der Waals surface area contributed by atoms with Crippen molar-refractivity contribution in [3.05, 3.63) is 48.4 Å². The number of nitrogens with one attached hydrogen (secondary N) is 3. The molecule has 0 spiro atoms. The van der Waals surface area contributed by atoms with E-state index < -0.39 is 23.1 Å². The molecule has 0 aliphatic heterocycles. The molecule has 0 saturated carbocycles. The Hall–Kier alpha value is -2.68. The fourth-order valence-corrected chi connectivity index (χ4v) is 2.54. The van der Waals surface area contributed by atoms with Crippen molar-refractivity contribution >= 4 is 28.9 Å². The van der Waals surface area contributed by atoms with Crippen LogP contribution in [0.15, 0.2) is 21.0 Å². The zero-order chi connectivity index (χ0) is 15.6. The zero-order valence-corrected chi connectivity index (χ0v) is 11.9. The van der Waals surface area contributed by atoms with E-state index >= 15 is 0 Å². The van der Waals surface area contributed by atoms with Gasteiger partial charge in [0.05, 0.1) is 12.8 Å². The number of rotatable bonds is 3. The maximum atomic E-state index is 12.1. The van der Waals surface area contributed by atoms with Crippen LogP contribution in [0, 0.1) is 6.92 Å². The number of esters is 1. The van der Waals surface area contributed by atoms with Crippen LogP contribution in [-0.2, 0) is 4.74 Å². The van der Waals surface area contributed by atoms with Gasteiger partial charge in [-0.1, -0.05) is 0 Å². The van der Waals surface area contributed by atoms with Gasteiger partial charge < -0.3 is 15.0 Å². The van der Waals surface area contributed by atoms with Gasteiger partial charge in [0.15, 0.2) is 0 Å². The van der Waals surface area contributed by atoms with E-state index in [4.69, 9.17) is 0 Å². The summed E-state index contributed by atoms with van der Waals surface area (Å²) in [6.45, 7) is 1.71. The molecule has 2 aromatic rings. The Bertz CT molecular complexity index is 789. The molecule has 0 aliphatic rings. The van der Waals surface area contributed by atoms with Gasteiger partial charge in [0.2, 0.25) is 0 Å². The molecule has 0 unspecified atom stereocenters. The lowest BCUT2D eigenvalue weighted by atomic mass is 10.2. The van der Waals surface area contributed by atoms with Crippen LogP contribution in [0.1, 0.15) is 25.7 Å². The SMILES string of the molecule is COC(=O)c1scc(C)c1NC(=O)c1cc(=O)[nH]c(=O)[nH]1. The van der Waals surface area contributed by atoms with Gasteiger partial charge in [0.25, 0.3) is 11.5 Å². The minimum Gasteiger partial charge on any atom is -0.465 e. The van der Waals surface area contributed by atoms with Crippen molar-refractivity contribution in [3.8, 4) is 0 Å². The van der Waals surface area contributed by atoms with Crippen LogP contribution in [0.2, 0.25) is 0 Å². The van der Waals surface area contributed by atoms with Gasteiger partial charge in [-0.2, -0.15) is 0 Å². The van der Waals surface area contributed by atoms with Crippen LogP contribution < -0.4 is 16.6 Å². The van der Waals surface area contributed by atoms with Crippen molar-refractivity contribution in [1.29, 1.82) is 0 Å². The van der Waals surface area contributed by atoms with Crippen LogP contribution in [0.5, 0.6) is 0 Å². The number of amides is 1. The van der Waals surface area contributed by atoms with Crippen LogP contribution >= 0.6 is 11.3 Å². The second-order valence-electron chi connectivity index (χ2n) is 4.07. The molecule has 21 heavy (non-hydrogen) atoms. The molecule has 0 bridgehead atoms. The third-order valence-corrected chi connectivity index (χ3v) is 3.67. The van der Waals surface area contributed by atoms with E-state index in [2.05, 4.69) is 15.0 Å². The molecule has 2 heterocycles. The quantitative estimate of drug-likeness (QED) is 0.712. The molecule has 2 rings (SSSR count). The number of carbonyl (C=O) groups is 2. The summed E-state index contributed by atoms with van der Waals surface area (Å²) in [4.78, 5) is 50.4. The number of hydrogen-bond acceptors (Lipinski definition) is 6. The third-order valence-electron chi connectivity index (χ3n) is 2.59. The highest BCUT2D eigenvalue weighted by atomic mass is 32.1. The van der Waals surface area contributed by atoms with Crippen LogP contribution in [0.25, 0.3) is 0 Å². The molecule has 0 aliphatic carbocycles. The van der Waals surface area contributed by atoms with Crippen molar-refractivity contribution in [3.63, 3.8) is 0 Å². The summed E-state index contributed by atoms with van der Waals surface area (Å²) in [6, 6.07) is 0.955. The molecule has 0 fully saturated rings. The maximum Gasteiger partial charge on any atom is 0.350 e.